The van der Waals surface area contributed by atoms with Gasteiger partial charge in [0, 0.05) is 19.0 Å². The maximum Gasteiger partial charge on any atom is 0.251 e. The minimum Gasteiger partial charge on any atom is -0.391 e. The van der Waals surface area contributed by atoms with Crippen LogP contribution in [0.4, 0.5) is 0 Å². The average Bonchev–Trinajstić information content (AvgIpc) is 2.47. The molecule has 0 aromatic carbocycles. The Labute approximate surface area is 141 Å². The summed E-state index contributed by atoms with van der Waals surface area (Å²) in [6.07, 6.45) is 6.88. The van der Waals surface area contributed by atoms with E-state index in [1.807, 2.05) is 0 Å². The van der Waals surface area contributed by atoms with Crippen molar-refractivity contribution in [1.29, 1.82) is 0 Å². The van der Waals surface area contributed by atoms with Gasteiger partial charge in [0.05, 0.1) is 6.10 Å². The number of hydrogen-bond donors (Lipinski definition) is 4. The molecule has 0 aromatic heterocycles. The molecule has 0 spiro atoms. The minimum atomic E-state index is -1.58. The molecule has 0 aromatic rings. The topological polar surface area (TPSA) is 95.6 Å². The van der Waals surface area contributed by atoms with Crippen molar-refractivity contribution in [1.82, 2.24) is 5.32 Å². The number of carbonyl (C=O) groups excluding carboxylic acids is 1. The van der Waals surface area contributed by atoms with Gasteiger partial charge in [0.2, 0.25) is 0 Å². The molecule has 0 unspecified atom stereocenters. The lowest BCUT2D eigenvalue weighted by molar-refractivity contribution is -0.141. The number of rotatable bonds is 9. The molecule has 136 valence electrons. The molecule has 1 amide bonds. The van der Waals surface area contributed by atoms with E-state index in [4.69, 9.17) is 5.73 Å². The fourth-order valence-corrected chi connectivity index (χ4v) is 3.28. The Morgan fingerprint density at radius 2 is 1.91 bits per heavy atom. The second-order valence-electron chi connectivity index (χ2n) is 7.89. The second-order valence-corrected chi connectivity index (χ2v) is 7.89. The SMILES string of the molecule is CC(C)CCNC(=O)[C@@](C)(O)C[C@H](O)[C@@H](N)CC1CCCCC1. The van der Waals surface area contributed by atoms with Crippen molar-refractivity contribution < 1.29 is 15.0 Å². The molecule has 5 N–H and O–H groups in total. The van der Waals surface area contributed by atoms with E-state index >= 15 is 0 Å². The fraction of sp³-hybridized carbons (Fsp3) is 0.944. The standard InChI is InChI=1S/C18H36N2O3/c1-13(2)9-10-20-17(22)18(3,23)12-16(21)15(19)11-14-7-5-4-6-8-14/h13-16,21,23H,4-12,19H2,1-3H3,(H,20,22)/t15-,16-,18-/m0/s1. The monoisotopic (exact) mass is 328 g/mol. The van der Waals surface area contributed by atoms with Gasteiger partial charge in [0.25, 0.3) is 5.91 Å². The van der Waals surface area contributed by atoms with Crippen LogP contribution in [0.1, 0.15) is 72.1 Å². The largest absolute Gasteiger partial charge is 0.391 e. The number of aliphatic hydroxyl groups excluding tert-OH is 1. The fourth-order valence-electron chi connectivity index (χ4n) is 3.28. The molecule has 0 radical (unpaired) electrons. The van der Waals surface area contributed by atoms with Gasteiger partial charge in [-0.1, -0.05) is 46.0 Å². The quantitative estimate of drug-likeness (QED) is 0.520. The normalized spacial score (nSPS) is 21.7. The molecule has 1 fully saturated rings. The molecule has 3 atom stereocenters. The van der Waals surface area contributed by atoms with Gasteiger partial charge in [-0.3, -0.25) is 4.79 Å². The van der Waals surface area contributed by atoms with Gasteiger partial charge in [0.15, 0.2) is 0 Å². The summed E-state index contributed by atoms with van der Waals surface area (Å²) >= 11 is 0. The van der Waals surface area contributed by atoms with E-state index in [1.165, 1.54) is 39.0 Å². The highest BCUT2D eigenvalue weighted by molar-refractivity contribution is 5.84. The lowest BCUT2D eigenvalue weighted by Gasteiger charge is -2.30. The third-order valence-electron chi connectivity index (χ3n) is 4.93. The molecular weight excluding hydrogens is 292 g/mol. The van der Waals surface area contributed by atoms with Gasteiger partial charge < -0.3 is 21.3 Å². The second kappa shape index (κ2) is 9.60. The highest BCUT2D eigenvalue weighted by Gasteiger charge is 2.35. The molecule has 0 heterocycles. The molecule has 1 rings (SSSR count). The summed E-state index contributed by atoms with van der Waals surface area (Å²) in [7, 11) is 0. The van der Waals surface area contributed by atoms with Crippen molar-refractivity contribution in [3.63, 3.8) is 0 Å². The Kier molecular flexibility index (Phi) is 8.51. The number of carbonyl (C=O) groups is 1. The summed E-state index contributed by atoms with van der Waals surface area (Å²) in [6, 6.07) is -0.381. The van der Waals surface area contributed by atoms with E-state index in [9.17, 15) is 15.0 Å². The zero-order valence-electron chi connectivity index (χ0n) is 15.1. The smallest absolute Gasteiger partial charge is 0.251 e. The summed E-state index contributed by atoms with van der Waals surface area (Å²) in [5.74, 6) is 0.634. The molecule has 5 nitrogen and oxygen atoms in total. The maximum atomic E-state index is 12.1. The Balaban J connectivity index is 2.39. The zero-order chi connectivity index (χ0) is 17.5. The number of hydrogen-bond acceptors (Lipinski definition) is 4. The molecular formula is C18H36N2O3. The van der Waals surface area contributed by atoms with Gasteiger partial charge in [-0.15, -0.1) is 0 Å². The maximum absolute atomic E-state index is 12.1. The van der Waals surface area contributed by atoms with Gasteiger partial charge in [-0.05, 0) is 31.6 Å². The molecule has 1 saturated carbocycles. The number of amides is 1. The van der Waals surface area contributed by atoms with E-state index in [2.05, 4.69) is 19.2 Å². The lowest BCUT2D eigenvalue weighted by atomic mass is 9.82. The first-order valence-corrected chi connectivity index (χ1v) is 9.16. The van der Waals surface area contributed by atoms with Crippen molar-refractivity contribution in [2.45, 2.75) is 89.9 Å². The van der Waals surface area contributed by atoms with E-state index < -0.39 is 17.6 Å². The third kappa shape index (κ3) is 7.64. The molecule has 1 aliphatic carbocycles. The van der Waals surface area contributed by atoms with Gasteiger partial charge in [-0.2, -0.15) is 0 Å². The van der Waals surface area contributed by atoms with Crippen LogP contribution in [0.15, 0.2) is 0 Å². The van der Waals surface area contributed by atoms with Crippen LogP contribution in [0, 0.1) is 11.8 Å². The lowest BCUT2D eigenvalue weighted by Crippen LogP contribution is -2.50. The summed E-state index contributed by atoms with van der Waals surface area (Å²) < 4.78 is 0. The predicted molar refractivity (Wildman–Crippen MR) is 92.9 cm³/mol. The summed E-state index contributed by atoms with van der Waals surface area (Å²) in [6.45, 7) is 6.15. The Morgan fingerprint density at radius 1 is 1.30 bits per heavy atom. The van der Waals surface area contributed by atoms with Crippen LogP contribution < -0.4 is 11.1 Å². The molecule has 0 aliphatic heterocycles. The molecule has 0 bridgehead atoms. The van der Waals surface area contributed by atoms with Crippen molar-refractivity contribution in [2.75, 3.05) is 6.54 Å². The molecule has 5 heteroatoms. The van der Waals surface area contributed by atoms with Crippen LogP contribution in [0.25, 0.3) is 0 Å². The van der Waals surface area contributed by atoms with Crippen LogP contribution in [0.2, 0.25) is 0 Å². The summed E-state index contributed by atoms with van der Waals surface area (Å²) in [5, 5.41) is 23.4. The minimum absolute atomic E-state index is 0.0194. The number of nitrogens with two attached hydrogens (primary N) is 1. The van der Waals surface area contributed by atoms with Gasteiger partial charge >= 0.3 is 0 Å². The predicted octanol–water partition coefficient (Wildman–Crippen LogP) is 1.95. The van der Waals surface area contributed by atoms with Crippen LogP contribution in [0.5, 0.6) is 0 Å². The first-order chi connectivity index (χ1) is 10.7. The van der Waals surface area contributed by atoms with Crippen molar-refractivity contribution in [3.05, 3.63) is 0 Å². The van der Waals surface area contributed by atoms with Crippen molar-refractivity contribution in [3.8, 4) is 0 Å². The Bertz CT molecular complexity index is 352. The van der Waals surface area contributed by atoms with Crippen LogP contribution in [-0.4, -0.2) is 40.4 Å². The van der Waals surface area contributed by atoms with Gasteiger partial charge in [0.1, 0.15) is 5.60 Å². The highest BCUT2D eigenvalue weighted by atomic mass is 16.3. The average molecular weight is 328 g/mol. The molecule has 23 heavy (non-hydrogen) atoms. The van der Waals surface area contributed by atoms with Crippen LogP contribution in [-0.2, 0) is 4.79 Å². The van der Waals surface area contributed by atoms with E-state index in [-0.39, 0.29) is 12.5 Å². The van der Waals surface area contributed by atoms with E-state index in [0.29, 0.717) is 18.4 Å². The third-order valence-corrected chi connectivity index (χ3v) is 4.93. The summed E-state index contributed by atoms with van der Waals surface area (Å²) in [5.41, 5.74) is 4.52. The molecule has 1 aliphatic rings. The zero-order valence-corrected chi connectivity index (χ0v) is 15.1. The highest BCUT2D eigenvalue weighted by Crippen LogP contribution is 2.28. The Hall–Kier alpha value is -0.650. The van der Waals surface area contributed by atoms with E-state index in [0.717, 1.165) is 12.8 Å². The Morgan fingerprint density at radius 3 is 2.48 bits per heavy atom. The summed E-state index contributed by atoms with van der Waals surface area (Å²) in [4.78, 5) is 12.1. The van der Waals surface area contributed by atoms with Crippen molar-refractivity contribution >= 4 is 5.91 Å². The molecule has 0 saturated heterocycles. The van der Waals surface area contributed by atoms with Gasteiger partial charge in [-0.25, -0.2) is 0 Å². The van der Waals surface area contributed by atoms with Crippen molar-refractivity contribution in [2.24, 2.45) is 17.6 Å². The first-order valence-electron chi connectivity index (χ1n) is 9.16. The number of nitrogens with one attached hydrogen (secondary N) is 1. The first kappa shape index (κ1) is 20.4. The number of aliphatic hydroxyl groups is 2. The van der Waals surface area contributed by atoms with Crippen LogP contribution >= 0.6 is 0 Å². The van der Waals surface area contributed by atoms with E-state index in [1.54, 1.807) is 0 Å². The van der Waals surface area contributed by atoms with Crippen LogP contribution in [0.3, 0.4) is 0 Å².